The molecule has 17 heavy (non-hydrogen) atoms. The number of hydrogen-bond donors (Lipinski definition) is 0. The summed E-state index contributed by atoms with van der Waals surface area (Å²) in [6, 6.07) is 10.5. The lowest BCUT2D eigenvalue weighted by Crippen LogP contribution is -2.43. The van der Waals surface area contributed by atoms with Gasteiger partial charge in [0.1, 0.15) is 0 Å². The fourth-order valence-electron chi connectivity index (χ4n) is 2.46. The van der Waals surface area contributed by atoms with Gasteiger partial charge in [0.15, 0.2) is 6.29 Å². The SMILES string of the molecule is CC[C@@H]1C[C@](C)(c2ccccc2)O[C@H](CC)O1. The van der Waals surface area contributed by atoms with Gasteiger partial charge in [-0.05, 0) is 25.3 Å². The third-order valence-electron chi connectivity index (χ3n) is 3.53. The zero-order valence-electron chi connectivity index (χ0n) is 11.0. The first kappa shape index (κ1) is 12.6. The number of ether oxygens (including phenoxy) is 2. The Morgan fingerprint density at radius 3 is 2.47 bits per heavy atom. The van der Waals surface area contributed by atoms with Crippen molar-refractivity contribution >= 4 is 0 Å². The Morgan fingerprint density at radius 1 is 1.18 bits per heavy atom. The second-order valence-electron chi connectivity index (χ2n) is 4.92. The van der Waals surface area contributed by atoms with Gasteiger partial charge in [0.2, 0.25) is 0 Å². The topological polar surface area (TPSA) is 18.5 Å². The van der Waals surface area contributed by atoms with Crippen LogP contribution in [-0.4, -0.2) is 12.4 Å². The highest BCUT2D eigenvalue weighted by Crippen LogP contribution is 2.38. The molecule has 0 aromatic heterocycles. The van der Waals surface area contributed by atoms with Crippen LogP contribution in [0.5, 0.6) is 0 Å². The summed E-state index contributed by atoms with van der Waals surface area (Å²) in [6.45, 7) is 6.46. The Bertz CT molecular complexity index is 335. The van der Waals surface area contributed by atoms with E-state index in [0.717, 1.165) is 19.3 Å². The summed E-state index contributed by atoms with van der Waals surface area (Å²) >= 11 is 0. The van der Waals surface area contributed by atoms with E-state index in [2.05, 4.69) is 45.0 Å². The van der Waals surface area contributed by atoms with Gasteiger partial charge in [-0.3, -0.25) is 0 Å². The normalized spacial score (nSPS) is 33.6. The minimum atomic E-state index is -0.207. The fraction of sp³-hybridized carbons (Fsp3) is 0.600. The van der Waals surface area contributed by atoms with Crippen LogP contribution in [-0.2, 0) is 15.1 Å². The van der Waals surface area contributed by atoms with Crippen molar-refractivity contribution in [2.75, 3.05) is 0 Å². The van der Waals surface area contributed by atoms with E-state index in [1.165, 1.54) is 5.56 Å². The first-order chi connectivity index (χ1) is 8.18. The van der Waals surface area contributed by atoms with E-state index in [9.17, 15) is 0 Å². The lowest BCUT2D eigenvalue weighted by atomic mass is 9.88. The van der Waals surface area contributed by atoms with Gasteiger partial charge >= 0.3 is 0 Å². The molecule has 0 radical (unpaired) electrons. The van der Waals surface area contributed by atoms with Crippen LogP contribution >= 0.6 is 0 Å². The minimum Gasteiger partial charge on any atom is -0.349 e. The van der Waals surface area contributed by atoms with E-state index in [4.69, 9.17) is 9.47 Å². The monoisotopic (exact) mass is 234 g/mol. The van der Waals surface area contributed by atoms with E-state index in [-0.39, 0.29) is 11.9 Å². The van der Waals surface area contributed by atoms with Crippen LogP contribution in [0.15, 0.2) is 30.3 Å². The zero-order chi connectivity index (χ0) is 12.3. The fourth-order valence-corrected chi connectivity index (χ4v) is 2.46. The molecule has 1 aliphatic heterocycles. The molecule has 94 valence electrons. The van der Waals surface area contributed by atoms with Crippen molar-refractivity contribution in [2.45, 2.75) is 58.0 Å². The molecule has 0 N–H and O–H groups in total. The first-order valence-corrected chi connectivity index (χ1v) is 6.56. The molecule has 0 saturated carbocycles. The molecule has 1 saturated heterocycles. The predicted molar refractivity (Wildman–Crippen MR) is 68.7 cm³/mol. The van der Waals surface area contributed by atoms with Gasteiger partial charge in [0.05, 0.1) is 11.7 Å². The molecule has 0 unspecified atom stereocenters. The second kappa shape index (κ2) is 5.19. The molecule has 1 fully saturated rings. The van der Waals surface area contributed by atoms with Crippen molar-refractivity contribution in [1.82, 2.24) is 0 Å². The summed E-state index contributed by atoms with van der Waals surface area (Å²) in [6.07, 6.45) is 3.11. The lowest BCUT2D eigenvalue weighted by Gasteiger charge is -2.42. The number of benzene rings is 1. The molecule has 1 aromatic carbocycles. The van der Waals surface area contributed by atoms with E-state index < -0.39 is 0 Å². The van der Waals surface area contributed by atoms with Crippen molar-refractivity contribution in [3.8, 4) is 0 Å². The third-order valence-corrected chi connectivity index (χ3v) is 3.53. The number of hydrogen-bond acceptors (Lipinski definition) is 2. The van der Waals surface area contributed by atoms with Crippen molar-refractivity contribution < 1.29 is 9.47 Å². The highest BCUT2D eigenvalue weighted by atomic mass is 16.7. The lowest BCUT2D eigenvalue weighted by molar-refractivity contribution is -0.283. The molecule has 2 rings (SSSR count). The molecular formula is C15H22O2. The molecule has 1 aromatic rings. The third kappa shape index (κ3) is 2.70. The van der Waals surface area contributed by atoms with Crippen LogP contribution in [0.1, 0.15) is 45.6 Å². The van der Waals surface area contributed by atoms with E-state index >= 15 is 0 Å². The Hall–Kier alpha value is -0.860. The minimum absolute atomic E-state index is 0.0705. The molecule has 2 nitrogen and oxygen atoms in total. The van der Waals surface area contributed by atoms with Crippen molar-refractivity contribution in [3.63, 3.8) is 0 Å². The summed E-state index contributed by atoms with van der Waals surface area (Å²) in [7, 11) is 0. The van der Waals surface area contributed by atoms with Crippen LogP contribution < -0.4 is 0 Å². The van der Waals surface area contributed by atoms with Gasteiger partial charge in [-0.2, -0.15) is 0 Å². The van der Waals surface area contributed by atoms with Gasteiger partial charge in [-0.1, -0.05) is 44.2 Å². The summed E-state index contributed by atoms with van der Waals surface area (Å²) in [5, 5.41) is 0. The quantitative estimate of drug-likeness (QED) is 0.790. The maximum absolute atomic E-state index is 6.12. The average Bonchev–Trinajstić information content (AvgIpc) is 2.39. The highest BCUT2D eigenvalue weighted by molar-refractivity contribution is 5.22. The van der Waals surface area contributed by atoms with Gasteiger partial charge < -0.3 is 9.47 Å². The largest absolute Gasteiger partial charge is 0.349 e. The maximum Gasteiger partial charge on any atom is 0.158 e. The van der Waals surface area contributed by atoms with Crippen LogP contribution in [0.2, 0.25) is 0 Å². The maximum atomic E-state index is 6.12. The van der Waals surface area contributed by atoms with Crippen LogP contribution in [0, 0.1) is 0 Å². The molecule has 1 aliphatic rings. The van der Waals surface area contributed by atoms with Crippen LogP contribution in [0.4, 0.5) is 0 Å². The Kier molecular flexibility index (Phi) is 3.85. The molecule has 0 bridgehead atoms. The molecular weight excluding hydrogens is 212 g/mol. The van der Waals surface area contributed by atoms with E-state index in [1.807, 2.05) is 6.07 Å². The van der Waals surface area contributed by atoms with Crippen molar-refractivity contribution in [1.29, 1.82) is 0 Å². The molecule has 2 heteroatoms. The second-order valence-corrected chi connectivity index (χ2v) is 4.92. The summed E-state index contributed by atoms with van der Waals surface area (Å²) in [5.74, 6) is 0. The molecule has 1 heterocycles. The standard InChI is InChI=1S/C15H22O2/c1-4-13-11-15(3,17-14(5-2)16-13)12-9-7-6-8-10-12/h6-10,13-14H,4-5,11H2,1-3H3/t13-,14-,15-/m1/s1. The van der Waals surface area contributed by atoms with E-state index in [0.29, 0.717) is 6.10 Å². The van der Waals surface area contributed by atoms with Crippen molar-refractivity contribution in [2.24, 2.45) is 0 Å². The van der Waals surface area contributed by atoms with Gasteiger partial charge in [0.25, 0.3) is 0 Å². The predicted octanol–water partition coefficient (Wildman–Crippen LogP) is 3.85. The smallest absolute Gasteiger partial charge is 0.158 e. The van der Waals surface area contributed by atoms with Gasteiger partial charge in [-0.25, -0.2) is 0 Å². The Morgan fingerprint density at radius 2 is 1.88 bits per heavy atom. The molecule has 0 amide bonds. The van der Waals surface area contributed by atoms with Crippen LogP contribution in [0.25, 0.3) is 0 Å². The highest BCUT2D eigenvalue weighted by Gasteiger charge is 2.38. The van der Waals surface area contributed by atoms with Gasteiger partial charge in [0, 0.05) is 6.42 Å². The molecule has 0 spiro atoms. The first-order valence-electron chi connectivity index (χ1n) is 6.56. The summed E-state index contributed by atoms with van der Waals surface area (Å²) < 4.78 is 12.0. The van der Waals surface area contributed by atoms with Gasteiger partial charge in [-0.15, -0.1) is 0 Å². The Balaban J connectivity index is 2.23. The van der Waals surface area contributed by atoms with Crippen molar-refractivity contribution in [3.05, 3.63) is 35.9 Å². The molecule has 0 aliphatic carbocycles. The summed E-state index contributed by atoms with van der Waals surface area (Å²) in [5.41, 5.74) is 1.04. The van der Waals surface area contributed by atoms with Crippen LogP contribution in [0.3, 0.4) is 0 Å². The Labute approximate surface area is 104 Å². The molecule has 3 atom stereocenters. The number of rotatable bonds is 3. The summed E-state index contributed by atoms with van der Waals surface area (Å²) in [4.78, 5) is 0. The zero-order valence-corrected chi connectivity index (χ0v) is 11.0. The van der Waals surface area contributed by atoms with E-state index in [1.54, 1.807) is 0 Å². The average molecular weight is 234 g/mol.